The summed E-state index contributed by atoms with van der Waals surface area (Å²) in [6.45, 7) is 5.71. The molecule has 0 radical (unpaired) electrons. The van der Waals surface area contributed by atoms with Gasteiger partial charge in [-0.2, -0.15) is 0 Å². The number of nitrogens with one attached hydrogen (secondary N) is 1. The molecule has 31 heavy (non-hydrogen) atoms. The maximum absolute atomic E-state index is 6.41. The molecule has 0 unspecified atom stereocenters. The normalized spacial score (nSPS) is 11.5. The highest BCUT2D eigenvalue weighted by Gasteiger charge is 2.21. The Balaban J connectivity index is 1.77. The van der Waals surface area contributed by atoms with Gasteiger partial charge in [-0.05, 0) is 45.0 Å². The molecule has 5 aromatic rings. The van der Waals surface area contributed by atoms with Crippen molar-refractivity contribution in [3.63, 3.8) is 0 Å². The smallest absolute Gasteiger partial charge is 0.143 e. The van der Waals surface area contributed by atoms with E-state index in [2.05, 4.69) is 21.2 Å². The van der Waals surface area contributed by atoms with Gasteiger partial charge in [0.15, 0.2) is 0 Å². The van der Waals surface area contributed by atoms with Crippen molar-refractivity contribution in [1.82, 2.24) is 20.1 Å². The SMILES string of the molecule is COc1cc2c(cc1-c1c(C)noc1C)[nH]c1nc(C)nc(Sc3ccccc3Cl)c12. The van der Waals surface area contributed by atoms with Crippen LogP contribution >= 0.6 is 23.4 Å². The van der Waals surface area contributed by atoms with Crippen LogP contribution in [-0.2, 0) is 0 Å². The summed E-state index contributed by atoms with van der Waals surface area (Å²) in [5.74, 6) is 2.17. The fourth-order valence-corrected chi connectivity index (χ4v) is 5.09. The molecule has 2 aromatic carbocycles. The second-order valence-electron chi connectivity index (χ2n) is 7.25. The molecule has 5 rings (SSSR count). The third kappa shape index (κ3) is 3.34. The van der Waals surface area contributed by atoms with E-state index in [1.165, 1.54) is 11.8 Å². The van der Waals surface area contributed by atoms with E-state index in [9.17, 15) is 0 Å². The number of aromatic amines is 1. The first-order chi connectivity index (χ1) is 15.0. The molecule has 0 saturated carbocycles. The topological polar surface area (TPSA) is 76.8 Å². The Morgan fingerprint density at radius 3 is 2.61 bits per heavy atom. The van der Waals surface area contributed by atoms with Crippen molar-refractivity contribution in [3.05, 3.63) is 58.7 Å². The van der Waals surface area contributed by atoms with Crippen LogP contribution in [0.25, 0.3) is 33.1 Å². The number of ether oxygens (including phenoxy) is 1. The molecule has 0 amide bonds. The van der Waals surface area contributed by atoms with Crippen LogP contribution in [0.2, 0.25) is 5.02 Å². The number of nitrogens with zero attached hydrogens (tertiary/aromatic N) is 3. The van der Waals surface area contributed by atoms with Crippen LogP contribution in [0.5, 0.6) is 5.75 Å². The number of aromatic nitrogens is 4. The molecule has 0 fully saturated rings. The molecule has 0 spiro atoms. The van der Waals surface area contributed by atoms with Gasteiger partial charge in [0.05, 0.1) is 28.8 Å². The van der Waals surface area contributed by atoms with Crippen LogP contribution in [0.3, 0.4) is 0 Å². The third-order valence-corrected chi connectivity index (χ3v) is 6.70. The van der Waals surface area contributed by atoms with Gasteiger partial charge in [-0.3, -0.25) is 0 Å². The maximum atomic E-state index is 6.41. The zero-order valence-electron chi connectivity index (χ0n) is 17.4. The van der Waals surface area contributed by atoms with E-state index in [4.69, 9.17) is 25.8 Å². The zero-order chi connectivity index (χ0) is 21.7. The number of fused-ring (bicyclic) bond motifs is 3. The van der Waals surface area contributed by atoms with E-state index in [0.29, 0.717) is 10.8 Å². The first-order valence-electron chi connectivity index (χ1n) is 9.70. The lowest BCUT2D eigenvalue weighted by Crippen LogP contribution is -1.92. The van der Waals surface area contributed by atoms with E-state index < -0.39 is 0 Å². The molecule has 0 atom stereocenters. The number of benzene rings is 2. The molecular formula is C23H19ClN4O2S. The Hall–Kier alpha value is -3.03. The van der Waals surface area contributed by atoms with E-state index in [1.54, 1.807) is 7.11 Å². The minimum absolute atomic E-state index is 0.687. The number of hydrogen-bond acceptors (Lipinski definition) is 6. The minimum atomic E-state index is 0.687. The van der Waals surface area contributed by atoms with Crippen molar-refractivity contribution in [2.75, 3.05) is 7.11 Å². The summed E-state index contributed by atoms with van der Waals surface area (Å²) >= 11 is 7.93. The summed E-state index contributed by atoms with van der Waals surface area (Å²) in [6.07, 6.45) is 0. The van der Waals surface area contributed by atoms with E-state index >= 15 is 0 Å². The predicted octanol–water partition coefficient (Wildman–Crippen LogP) is 6.50. The van der Waals surface area contributed by atoms with Crippen LogP contribution in [0.1, 0.15) is 17.3 Å². The van der Waals surface area contributed by atoms with E-state index in [0.717, 1.165) is 60.2 Å². The highest BCUT2D eigenvalue weighted by Crippen LogP contribution is 2.42. The lowest BCUT2D eigenvalue weighted by molar-refractivity contribution is 0.393. The first-order valence-corrected chi connectivity index (χ1v) is 10.9. The molecule has 0 aliphatic rings. The van der Waals surface area contributed by atoms with E-state index in [1.807, 2.05) is 51.1 Å². The van der Waals surface area contributed by atoms with Gasteiger partial charge in [-0.1, -0.05) is 40.7 Å². The first kappa shape index (κ1) is 19.9. The fourth-order valence-electron chi connectivity index (χ4n) is 3.83. The summed E-state index contributed by atoms with van der Waals surface area (Å²) in [7, 11) is 1.66. The number of methoxy groups -OCH3 is 1. The standard InChI is InChI=1S/C23H19ClN4O2S/c1-11-20(12(2)30-28-11)15-9-17-14(10-18(15)29-4)21-22(27-17)25-13(3)26-23(21)31-19-8-6-5-7-16(19)24/h5-10H,1-4H3,(H,25,26,27). The second-order valence-corrected chi connectivity index (χ2v) is 8.69. The highest BCUT2D eigenvalue weighted by molar-refractivity contribution is 7.99. The number of H-pyrrole nitrogens is 1. The Morgan fingerprint density at radius 2 is 1.90 bits per heavy atom. The van der Waals surface area contributed by atoms with Crippen LogP contribution in [0.15, 0.2) is 50.8 Å². The summed E-state index contributed by atoms with van der Waals surface area (Å²) in [5.41, 5.74) is 4.38. The Kier molecular flexibility index (Phi) is 4.87. The quantitative estimate of drug-likeness (QED) is 0.315. The van der Waals surface area contributed by atoms with Gasteiger partial charge >= 0.3 is 0 Å². The van der Waals surface area contributed by atoms with Crippen LogP contribution in [-0.4, -0.2) is 27.2 Å². The van der Waals surface area contributed by atoms with Crippen molar-refractivity contribution in [3.8, 4) is 16.9 Å². The molecule has 156 valence electrons. The summed E-state index contributed by atoms with van der Waals surface area (Å²) in [4.78, 5) is 13.7. The van der Waals surface area contributed by atoms with Gasteiger partial charge in [0.1, 0.15) is 28.0 Å². The average molecular weight is 451 g/mol. The van der Waals surface area contributed by atoms with Gasteiger partial charge < -0.3 is 14.2 Å². The number of rotatable bonds is 4. The largest absolute Gasteiger partial charge is 0.496 e. The molecular weight excluding hydrogens is 432 g/mol. The van der Waals surface area contributed by atoms with Gasteiger partial charge in [0.2, 0.25) is 0 Å². The molecule has 0 saturated heterocycles. The molecule has 0 aliphatic carbocycles. The van der Waals surface area contributed by atoms with Gasteiger partial charge in [-0.15, -0.1) is 0 Å². The van der Waals surface area contributed by atoms with Crippen LogP contribution in [0, 0.1) is 20.8 Å². The molecule has 3 heterocycles. The number of halogens is 1. The summed E-state index contributed by atoms with van der Waals surface area (Å²) in [6, 6.07) is 11.8. The predicted molar refractivity (Wildman–Crippen MR) is 123 cm³/mol. The molecule has 0 aliphatic heterocycles. The molecule has 0 bridgehead atoms. The molecule has 8 heteroatoms. The zero-order valence-corrected chi connectivity index (χ0v) is 19.0. The van der Waals surface area contributed by atoms with Gasteiger partial charge in [0, 0.05) is 21.4 Å². The van der Waals surface area contributed by atoms with Crippen molar-refractivity contribution in [1.29, 1.82) is 0 Å². The maximum Gasteiger partial charge on any atom is 0.143 e. The molecule has 6 nitrogen and oxygen atoms in total. The van der Waals surface area contributed by atoms with Crippen molar-refractivity contribution >= 4 is 45.3 Å². The number of aryl methyl sites for hydroxylation is 3. The minimum Gasteiger partial charge on any atom is -0.496 e. The molecule has 1 N–H and O–H groups in total. The van der Waals surface area contributed by atoms with Crippen molar-refractivity contribution < 1.29 is 9.26 Å². The lowest BCUT2D eigenvalue weighted by Gasteiger charge is -2.09. The Bertz CT molecular complexity index is 1440. The van der Waals surface area contributed by atoms with E-state index in [-0.39, 0.29) is 0 Å². The number of hydrogen-bond donors (Lipinski definition) is 1. The highest BCUT2D eigenvalue weighted by atomic mass is 35.5. The van der Waals surface area contributed by atoms with Crippen molar-refractivity contribution in [2.24, 2.45) is 0 Å². The fraction of sp³-hybridized carbons (Fsp3) is 0.174. The third-order valence-electron chi connectivity index (χ3n) is 5.20. The Morgan fingerprint density at radius 1 is 1.10 bits per heavy atom. The molecule has 3 aromatic heterocycles. The van der Waals surface area contributed by atoms with Gasteiger partial charge in [0.25, 0.3) is 0 Å². The second kappa shape index (κ2) is 7.59. The van der Waals surface area contributed by atoms with Gasteiger partial charge in [-0.25, -0.2) is 9.97 Å². The Labute approximate surface area is 188 Å². The van der Waals surface area contributed by atoms with Crippen molar-refractivity contribution in [2.45, 2.75) is 30.7 Å². The lowest BCUT2D eigenvalue weighted by atomic mass is 10.0. The summed E-state index contributed by atoms with van der Waals surface area (Å²) in [5, 5.41) is 7.55. The monoisotopic (exact) mass is 450 g/mol. The summed E-state index contributed by atoms with van der Waals surface area (Å²) < 4.78 is 11.1. The van der Waals surface area contributed by atoms with Crippen LogP contribution in [0.4, 0.5) is 0 Å². The van der Waals surface area contributed by atoms with Crippen LogP contribution < -0.4 is 4.74 Å². The average Bonchev–Trinajstić information content (AvgIpc) is 3.26.